The highest BCUT2D eigenvalue weighted by Gasteiger charge is 2.00. The smallest absolute Gasteiger partial charge is 0.177 e. The van der Waals surface area contributed by atoms with Crippen LogP contribution in [0.2, 0.25) is 0 Å². The van der Waals surface area contributed by atoms with Gasteiger partial charge in [-0.2, -0.15) is 9.62 Å². The summed E-state index contributed by atoms with van der Waals surface area (Å²) in [6, 6.07) is 11.2. The van der Waals surface area contributed by atoms with Crippen molar-refractivity contribution < 1.29 is 0 Å². The van der Waals surface area contributed by atoms with E-state index in [0.29, 0.717) is 17.2 Å². The van der Waals surface area contributed by atoms with Gasteiger partial charge in [0.25, 0.3) is 0 Å². The van der Waals surface area contributed by atoms with Crippen molar-refractivity contribution >= 4 is 22.9 Å². The standard InChI is InChI=1S/C13H13N7/c1-9(10-3-2-4-11(14)7-10)16-17-12-5-6-13-18-15-8-20(13)19-12/h2-8H,14H2,1H3,(H,17,19)/b16-9+. The molecule has 3 rings (SSSR count). The third-order valence-electron chi connectivity index (χ3n) is 2.80. The Kier molecular flexibility index (Phi) is 3.00. The second kappa shape index (κ2) is 4.96. The van der Waals surface area contributed by atoms with Crippen LogP contribution in [0.5, 0.6) is 0 Å². The average Bonchev–Trinajstić information content (AvgIpc) is 2.92. The first-order valence-corrected chi connectivity index (χ1v) is 6.06. The number of aromatic nitrogens is 4. The maximum absolute atomic E-state index is 5.75. The van der Waals surface area contributed by atoms with Crippen molar-refractivity contribution in [1.29, 1.82) is 0 Å². The van der Waals surface area contributed by atoms with Crippen LogP contribution < -0.4 is 11.2 Å². The van der Waals surface area contributed by atoms with Crippen molar-refractivity contribution in [3.63, 3.8) is 0 Å². The Bertz CT molecular complexity index is 775. The fourth-order valence-electron chi connectivity index (χ4n) is 1.76. The normalized spacial score (nSPS) is 11.8. The molecule has 0 saturated heterocycles. The van der Waals surface area contributed by atoms with Gasteiger partial charge in [0.2, 0.25) is 0 Å². The van der Waals surface area contributed by atoms with Crippen LogP contribution in [0.3, 0.4) is 0 Å². The number of nitrogens with zero attached hydrogens (tertiary/aromatic N) is 5. The Hall–Kier alpha value is -2.96. The van der Waals surface area contributed by atoms with Crippen molar-refractivity contribution in [2.24, 2.45) is 5.10 Å². The lowest BCUT2D eigenvalue weighted by molar-refractivity contribution is 0.924. The second-order valence-corrected chi connectivity index (χ2v) is 4.29. The Morgan fingerprint density at radius 1 is 1.30 bits per heavy atom. The van der Waals surface area contributed by atoms with Gasteiger partial charge < -0.3 is 5.73 Å². The van der Waals surface area contributed by atoms with E-state index in [1.54, 1.807) is 10.6 Å². The average molecular weight is 267 g/mol. The van der Waals surface area contributed by atoms with E-state index in [4.69, 9.17) is 5.73 Å². The van der Waals surface area contributed by atoms with Gasteiger partial charge in [-0.05, 0) is 36.8 Å². The molecule has 0 spiro atoms. The summed E-state index contributed by atoms with van der Waals surface area (Å²) in [5, 5.41) is 16.2. The predicted molar refractivity (Wildman–Crippen MR) is 77.5 cm³/mol. The Balaban J connectivity index is 1.82. The molecule has 7 heteroatoms. The van der Waals surface area contributed by atoms with Crippen LogP contribution >= 0.6 is 0 Å². The molecule has 0 bridgehead atoms. The molecule has 0 fully saturated rings. The van der Waals surface area contributed by atoms with Gasteiger partial charge in [-0.3, -0.25) is 5.43 Å². The van der Waals surface area contributed by atoms with Crippen molar-refractivity contribution in [2.45, 2.75) is 6.92 Å². The SMILES string of the molecule is C/C(=N\Nc1ccc2nncn2n1)c1cccc(N)c1. The summed E-state index contributed by atoms with van der Waals surface area (Å²) in [6.45, 7) is 1.90. The van der Waals surface area contributed by atoms with Crippen molar-refractivity contribution in [3.8, 4) is 0 Å². The summed E-state index contributed by atoms with van der Waals surface area (Å²) in [6.07, 6.45) is 1.54. The number of fused-ring (bicyclic) bond motifs is 1. The number of nitrogen functional groups attached to an aromatic ring is 1. The third kappa shape index (κ3) is 2.41. The van der Waals surface area contributed by atoms with Gasteiger partial charge in [0.1, 0.15) is 6.33 Å². The van der Waals surface area contributed by atoms with E-state index >= 15 is 0 Å². The molecule has 0 amide bonds. The summed E-state index contributed by atoms with van der Waals surface area (Å²) in [7, 11) is 0. The van der Waals surface area contributed by atoms with Gasteiger partial charge in [0.15, 0.2) is 11.5 Å². The molecule has 2 aromatic heterocycles. The van der Waals surface area contributed by atoms with E-state index in [1.807, 2.05) is 37.3 Å². The van der Waals surface area contributed by atoms with E-state index < -0.39 is 0 Å². The zero-order valence-electron chi connectivity index (χ0n) is 10.9. The predicted octanol–water partition coefficient (Wildman–Crippen LogP) is 1.54. The zero-order valence-corrected chi connectivity index (χ0v) is 10.9. The zero-order chi connectivity index (χ0) is 13.9. The number of nitrogens with two attached hydrogens (primary N) is 1. The van der Waals surface area contributed by atoms with Crippen LogP contribution in [0.1, 0.15) is 12.5 Å². The fraction of sp³-hybridized carbons (Fsp3) is 0.0769. The fourth-order valence-corrected chi connectivity index (χ4v) is 1.76. The number of rotatable bonds is 3. The minimum absolute atomic E-state index is 0.612. The Morgan fingerprint density at radius 3 is 3.05 bits per heavy atom. The molecule has 0 saturated carbocycles. The monoisotopic (exact) mass is 267 g/mol. The van der Waals surface area contributed by atoms with Crippen LogP contribution in [0, 0.1) is 0 Å². The Morgan fingerprint density at radius 2 is 2.20 bits per heavy atom. The van der Waals surface area contributed by atoms with Crippen LogP contribution in [-0.2, 0) is 0 Å². The van der Waals surface area contributed by atoms with Crippen molar-refractivity contribution in [2.75, 3.05) is 11.2 Å². The molecule has 0 aliphatic heterocycles. The van der Waals surface area contributed by atoms with Gasteiger partial charge in [0, 0.05) is 5.69 Å². The lowest BCUT2D eigenvalue weighted by atomic mass is 10.1. The van der Waals surface area contributed by atoms with Gasteiger partial charge in [0.05, 0.1) is 5.71 Å². The van der Waals surface area contributed by atoms with E-state index in [1.165, 1.54) is 6.33 Å². The van der Waals surface area contributed by atoms with Crippen molar-refractivity contribution in [1.82, 2.24) is 19.8 Å². The molecule has 1 aromatic carbocycles. The summed E-state index contributed by atoms with van der Waals surface area (Å²) in [5.41, 5.74) is 11.8. The minimum atomic E-state index is 0.612. The van der Waals surface area contributed by atoms with E-state index in [0.717, 1.165) is 11.3 Å². The topological polar surface area (TPSA) is 93.5 Å². The summed E-state index contributed by atoms with van der Waals surface area (Å²) in [4.78, 5) is 0. The largest absolute Gasteiger partial charge is 0.399 e. The highest BCUT2D eigenvalue weighted by Crippen LogP contribution is 2.09. The molecule has 0 radical (unpaired) electrons. The number of hydrogen-bond acceptors (Lipinski definition) is 6. The number of hydrazone groups is 1. The molecular weight excluding hydrogens is 254 g/mol. The first-order valence-electron chi connectivity index (χ1n) is 6.06. The molecule has 0 aliphatic rings. The molecule has 100 valence electrons. The molecule has 7 nitrogen and oxygen atoms in total. The minimum Gasteiger partial charge on any atom is -0.399 e. The van der Waals surface area contributed by atoms with Gasteiger partial charge >= 0.3 is 0 Å². The maximum Gasteiger partial charge on any atom is 0.177 e. The maximum atomic E-state index is 5.75. The van der Waals surface area contributed by atoms with Crippen LogP contribution in [0.25, 0.3) is 5.65 Å². The summed E-state index contributed by atoms with van der Waals surface area (Å²) >= 11 is 0. The molecule has 3 aromatic rings. The summed E-state index contributed by atoms with van der Waals surface area (Å²) < 4.78 is 1.58. The third-order valence-corrected chi connectivity index (χ3v) is 2.80. The van der Waals surface area contributed by atoms with Gasteiger partial charge in [-0.15, -0.1) is 15.3 Å². The molecular formula is C13H13N7. The van der Waals surface area contributed by atoms with Gasteiger partial charge in [-0.25, -0.2) is 0 Å². The van der Waals surface area contributed by atoms with Gasteiger partial charge in [-0.1, -0.05) is 12.1 Å². The lowest BCUT2D eigenvalue weighted by Gasteiger charge is -2.04. The first-order chi connectivity index (χ1) is 9.72. The molecule has 2 heterocycles. The highest BCUT2D eigenvalue weighted by atomic mass is 15.4. The molecule has 0 aliphatic carbocycles. The molecule has 0 unspecified atom stereocenters. The molecule has 0 atom stereocenters. The van der Waals surface area contributed by atoms with Crippen LogP contribution in [-0.4, -0.2) is 25.5 Å². The van der Waals surface area contributed by atoms with Crippen LogP contribution in [0.4, 0.5) is 11.5 Å². The van der Waals surface area contributed by atoms with Crippen molar-refractivity contribution in [3.05, 3.63) is 48.3 Å². The van der Waals surface area contributed by atoms with E-state index in [2.05, 4.69) is 25.8 Å². The molecule has 20 heavy (non-hydrogen) atoms. The number of anilines is 2. The highest BCUT2D eigenvalue weighted by molar-refractivity contribution is 5.99. The summed E-state index contributed by atoms with van der Waals surface area (Å²) in [5.74, 6) is 0.612. The van der Waals surface area contributed by atoms with E-state index in [-0.39, 0.29) is 0 Å². The van der Waals surface area contributed by atoms with E-state index in [9.17, 15) is 0 Å². The quantitative estimate of drug-likeness (QED) is 0.426. The molecule has 3 N–H and O–H groups in total. The number of nitrogens with one attached hydrogen (secondary N) is 1. The lowest BCUT2D eigenvalue weighted by Crippen LogP contribution is -2.03. The van der Waals surface area contributed by atoms with Crippen LogP contribution in [0.15, 0.2) is 47.8 Å². The number of benzene rings is 1. The Labute approximate surface area is 115 Å². The first kappa shape index (κ1) is 12.1. The second-order valence-electron chi connectivity index (χ2n) is 4.29. The number of hydrogen-bond donors (Lipinski definition) is 2.